The third kappa shape index (κ3) is 1.71. The fourth-order valence-corrected chi connectivity index (χ4v) is 2.89. The molecule has 0 bridgehead atoms. The van der Waals surface area contributed by atoms with Gasteiger partial charge in [0.25, 0.3) is 0 Å². The van der Waals surface area contributed by atoms with Gasteiger partial charge in [0.15, 0.2) is 0 Å². The van der Waals surface area contributed by atoms with Crippen molar-refractivity contribution in [3.63, 3.8) is 0 Å². The van der Waals surface area contributed by atoms with E-state index in [9.17, 15) is 5.11 Å². The highest BCUT2D eigenvalue weighted by Crippen LogP contribution is 2.38. The molecule has 94 valence electrons. The van der Waals surface area contributed by atoms with Crippen LogP contribution in [-0.2, 0) is 5.60 Å². The summed E-state index contributed by atoms with van der Waals surface area (Å²) in [5.41, 5.74) is 1.23. The molecule has 2 aromatic rings. The smallest absolute Gasteiger partial charge is 0.0952 e. The van der Waals surface area contributed by atoms with Crippen LogP contribution in [0, 0.1) is 5.92 Å². The van der Waals surface area contributed by atoms with E-state index in [0.29, 0.717) is 0 Å². The Bertz CT molecular complexity index is 564. The number of aromatic nitrogens is 1. The number of piperidine rings is 1. The molecule has 3 heteroatoms. The normalized spacial score (nSPS) is 28.4. The van der Waals surface area contributed by atoms with Crippen molar-refractivity contribution >= 4 is 10.9 Å². The second kappa shape index (κ2) is 4.34. The second-order valence-corrected chi connectivity index (χ2v) is 5.16. The summed E-state index contributed by atoms with van der Waals surface area (Å²) in [7, 11) is 0. The molecule has 1 aliphatic rings. The maximum Gasteiger partial charge on any atom is 0.0952 e. The van der Waals surface area contributed by atoms with Gasteiger partial charge >= 0.3 is 0 Å². The molecule has 1 fully saturated rings. The van der Waals surface area contributed by atoms with Gasteiger partial charge in [-0.15, -0.1) is 0 Å². The van der Waals surface area contributed by atoms with E-state index in [2.05, 4.69) is 17.2 Å². The van der Waals surface area contributed by atoms with Crippen molar-refractivity contribution in [2.75, 3.05) is 13.1 Å². The van der Waals surface area contributed by atoms with Crippen LogP contribution in [0.1, 0.15) is 18.9 Å². The molecule has 0 spiro atoms. The molecule has 1 saturated heterocycles. The summed E-state index contributed by atoms with van der Waals surface area (Å²) in [6.45, 7) is 3.81. The van der Waals surface area contributed by atoms with Crippen molar-refractivity contribution in [2.45, 2.75) is 18.9 Å². The highest BCUT2D eigenvalue weighted by Gasteiger charge is 2.38. The molecule has 0 aliphatic carbocycles. The maximum atomic E-state index is 11.0. The second-order valence-electron chi connectivity index (χ2n) is 5.16. The molecule has 1 aromatic heterocycles. The van der Waals surface area contributed by atoms with E-state index < -0.39 is 5.60 Å². The van der Waals surface area contributed by atoms with Gasteiger partial charge < -0.3 is 10.4 Å². The van der Waals surface area contributed by atoms with Gasteiger partial charge in [-0.25, -0.2) is 0 Å². The maximum absolute atomic E-state index is 11.0. The molecule has 18 heavy (non-hydrogen) atoms. The molecular formula is C15H18N2O. The molecule has 3 rings (SSSR count). The highest BCUT2D eigenvalue weighted by atomic mass is 16.3. The summed E-state index contributed by atoms with van der Waals surface area (Å²) in [6.07, 6.45) is 2.55. The summed E-state index contributed by atoms with van der Waals surface area (Å²) in [6, 6.07) is 9.99. The van der Waals surface area contributed by atoms with Crippen LogP contribution in [0.3, 0.4) is 0 Å². The molecule has 0 amide bonds. The van der Waals surface area contributed by atoms with Crippen LogP contribution in [0.4, 0.5) is 0 Å². The number of hydrogen-bond donors (Lipinski definition) is 2. The lowest BCUT2D eigenvalue weighted by atomic mass is 9.76. The third-order valence-electron chi connectivity index (χ3n) is 4.06. The SMILES string of the molecule is CC1CNCCC1(O)c1cccc2ncccc12. The molecule has 1 aromatic carbocycles. The Hall–Kier alpha value is -1.45. The number of fused-ring (bicyclic) bond motifs is 1. The molecule has 2 atom stereocenters. The minimum atomic E-state index is -0.742. The first kappa shape index (κ1) is 11.6. The molecule has 0 radical (unpaired) electrons. The van der Waals surface area contributed by atoms with Crippen LogP contribution >= 0.6 is 0 Å². The number of hydrogen-bond acceptors (Lipinski definition) is 3. The van der Waals surface area contributed by atoms with E-state index >= 15 is 0 Å². The van der Waals surface area contributed by atoms with Crippen molar-refractivity contribution in [3.8, 4) is 0 Å². The first-order valence-corrected chi connectivity index (χ1v) is 6.49. The van der Waals surface area contributed by atoms with Crippen LogP contribution in [0.15, 0.2) is 36.5 Å². The van der Waals surface area contributed by atoms with E-state index in [1.54, 1.807) is 6.20 Å². The zero-order chi connectivity index (χ0) is 12.6. The van der Waals surface area contributed by atoms with Gasteiger partial charge in [-0.1, -0.05) is 25.1 Å². The van der Waals surface area contributed by atoms with E-state index in [0.717, 1.165) is 36.0 Å². The zero-order valence-electron chi connectivity index (χ0n) is 10.6. The Morgan fingerprint density at radius 2 is 2.22 bits per heavy atom. The molecule has 2 unspecified atom stereocenters. The Balaban J connectivity index is 2.19. The topological polar surface area (TPSA) is 45.1 Å². The number of nitrogens with one attached hydrogen (secondary N) is 1. The van der Waals surface area contributed by atoms with Crippen LogP contribution in [0.5, 0.6) is 0 Å². The number of pyridine rings is 1. The largest absolute Gasteiger partial charge is 0.385 e. The number of aliphatic hydroxyl groups is 1. The first-order valence-electron chi connectivity index (χ1n) is 6.49. The number of benzene rings is 1. The van der Waals surface area contributed by atoms with Crippen LogP contribution in [0.25, 0.3) is 10.9 Å². The van der Waals surface area contributed by atoms with Gasteiger partial charge in [-0.3, -0.25) is 4.98 Å². The van der Waals surface area contributed by atoms with Crippen molar-refractivity contribution in [2.24, 2.45) is 5.92 Å². The lowest BCUT2D eigenvalue weighted by molar-refractivity contribution is -0.0379. The van der Waals surface area contributed by atoms with Gasteiger partial charge in [0.2, 0.25) is 0 Å². The number of nitrogens with zero attached hydrogens (tertiary/aromatic N) is 1. The van der Waals surface area contributed by atoms with Crippen LogP contribution in [0.2, 0.25) is 0 Å². The van der Waals surface area contributed by atoms with Gasteiger partial charge in [-0.05, 0) is 30.7 Å². The zero-order valence-corrected chi connectivity index (χ0v) is 10.6. The first-order chi connectivity index (χ1) is 8.72. The van der Waals surface area contributed by atoms with Crippen molar-refractivity contribution in [1.82, 2.24) is 10.3 Å². The van der Waals surface area contributed by atoms with Crippen molar-refractivity contribution in [1.29, 1.82) is 0 Å². The predicted octanol–water partition coefficient (Wildman–Crippen LogP) is 2.05. The Morgan fingerprint density at radius 3 is 3.06 bits per heavy atom. The summed E-state index contributed by atoms with van der Waals surface area (Å²) in [5, 5.41) is 15.4. The lowest BCUT2D eigenvalue weighted by Crippen LogP contribution is -2.46. The Kier molecular flexibility index (Phi) is 2.80. The predicted molar refractivity (Wildman–Crippen MR) is 72.3 cm³/mol. The summed E-state index contributed by atoms with van der Waals surface area (Å²) < 4.78 is 0. The van der Waals surface area contributed by atoms with Gasteiger partial charge in [0, 0.05) is 24.0 Å². The highest BCUT2D eigenvalue weighted by molar-refractivity contribution is 5.82. The van der Waals surface area contributed by atoms with E-state index in [-0.39, 0.29) is 5.92 Å². The van der Waals surface area contributed by atoms with Gasteiger partial charge in [0.1, 0.15) is 0 Å². The lowest BCUT2D eigenvalue weighted by Gasteiger charge is -2.39. The Labute approximate surface area is 107 Å². The van der Waals surface area contributed by atoms with E-state index in [1.165, 1.54) is 0 Å². The van der Waals surface area contributed by atoms with E-state index in [4.69, 9.17) is 0 Å². The monoisotopic (exact) mass is 242 g/mol. The average Bonchev–Trinajstić information content (AvgIpc) is 2.41. The van der Waals surface area contributed by atoms with Crippen molar-refractivity contribution in [3.05, 3.63) is 42.1 Å². The Morgan fingerprint density at radius 1 is 1.33 bits per heavy atom. The quantitative estimate of drug-likeness (QED) is 0.804. The molecular weight excluding hydrogens is 224 g/mol. The standard InChI is InChI=1S/C15H18N2O/c1-11-10-16-9-7-15(11,18)13-5-2-6-14-12(13)4-3-8-17-14/h2-6,8,11,16,18H,7,9-10H2,1H3. The molecule has 1 aliphatic heterocycles. The van der Waals surface area contributed by atoms with E-state index in [1.807, 2.05) is 30.3 Å². The molecule has 2 N–H and O–H groups in total. The summed E-state index contributed by atoms with van der Waals surface area (Å²) in [5.74, 6) is 0.206. The van der Waals surface area contributed by atoms with Crippen LogP contribution in [-0.4, -0.2) is 23.2 Å². The average molecular weight is 242 g/mol. The minimum Gasteiger partial charge on any atom is -0.385 e. The van der Waals surface area contributed by atoms with Crippen LogP contribution < -0.4 is 5.32 Å². The summed E-state index contributed by atoms with van der Waals surface area (Å²) >= 11 is 0. The molecule has 0 saturated carbocycles. The van der Waals surface area contributed by atoms with Gasteiger partial charge in [-0.2, -0.15) is 0 Å². The van der Waals surface area contributed by atoms with Gasteiger partial charge in [0.05, 0.1) is 11.1 Å². The summed E-state index contributed by atoms with van der Waals surface area (Å²) in [4.78, 5) is 4.37. The fraction of sp³-hybridized carbons (Fsp3) is 0.400. The molecule has 2 heterocycles. The minimum absolute atomic E-state index is 0.206. The van der Waals surface area contributed by atoms with Crippen molar-refractivity contribution < 1.29 is 5.11 Å². The fourth-order valence-electron chi connectivity index (χ4n) is 2.89. The molecule has 3 nitrogen and oxygen atoms in total. The number of rotatable bonds is 1. The third-order valence-corrected chi connectivity index (χ3v) is 4.06.